The average Bonchev–Trinajstić information content (AvgIpc) is 2.75. The third-order valence-corrected chi connectivity index (χ3v) is 3.27. The Morgan fingerprint density at radius 1 is 1.69 bits per heavy atom. The average molecular weight is 242 g/mol. The molecule has 1 aromatic heterocycles. The van der Waals surface area contributed by atoms with Crippen LogP contribution in [0.25, 0.3) is 0 Å². The molecule has 1 atom stereocenters. The van der Waals surface area contributed by atoms with Crippen molar-refractivity contribution in [2.24, 2.45) is 7.05 Å². The molecular weight excluding hydrogens is 226 g/mol. The molecule has 4 nitrogen and oxygen atoms in total. The van der Waals surface area contributed by atoms with Crippen LogP contribution in [0.3, 0.4) is 0 Å². The van der Waals surface area contributed by atoms with Crippen molar-refractivity contribution in [2.75, 3.05) is 19.0 Å². The number of rotatable bonds is 2. The summed E-state index contributed by atoms with van der Waals surface area (Å²) >= 11 is 5.57. The van der Waals surface area contributed by atoms with Gasteiger partial charge in [-0.15, -0.1) is 11.6 Å². The van der Waals surface area contributed by atoms with Crippen LogP contribution in [0.5, 0.6) is 0 Å². The highest BCUT2D eigenvalue weighted by atomic mass is 35.5. The minimum Gasteiger partial charge on any atom is -0.341 e. The van der Waals surface area contributed by atoms with Gasteiger partial charge in [0.15, 0.2) is 0 Å². The number of carbonyl (C=O) groups excluding carboxylic acids is 1. The second-order valence-electron chi connectivity index (χ2n) is 4.23. The van der Waals surface area contributed by atoms with E-state index >= 15 is 0 Å². The first-order valence-electron chi connectivity index (χ1n) is 5.54. The van der Waals surface area contributed by atoms with Gasteiger partial charge in [-0.2, -0.15) is 5.10 Å². The zero-order valence-electron chi connectivity index (χ0n) is 9.40. The highest BCUT2D eigenvalue weighted by Gasteiger charge is 2.25. The predicted molar refractivity (Wildman–Crippen MR) is 62.5 cm³/mol. The highest BCUT2D eigenvalue weighted by molar-refractivity contribution is 6.27. The van der Waals surface area contributed by atoms with Gasteiger partial charge in [0.1, 0.15) is 5.88 Å². The van der Waals surface area contributed by atoms with E-state index in [0.717, 1.165) is 31.6 Å². The highest BCUT2D eigenvalue weighted by Crippen LogP contribution is 2.25. The van der Waals surface area contributed by atoms with Crippen molar-refractivity contribution in [2.45, 2.75) is 18.8 Å². The summed E-state index contributed by atoms with van der Waals surface area (Å²) in [4.78, 5) is 13.4. The van der Waals surface area contributed by atoms with Crippen molar-refractivity contribution in [1.82, 2.24) is 14.7 Å². The molecule has 1 aromatic rings. The molecule has 1 fully saturated rings. The van der Waals surface area contributed by atoms with Crippen LogP contribution in [-0.4, -0.2) is 39.6 Å². The minimum absolute atomic E-state index is 0.0299. The number of hydrogen-bond acceptors (Lipinski definition) is 2. The summed E-state index contributed by atoms with van der Waals surface area (Å²) in [7, 11) is 1.91. The number of alkyl halides is 1. The summed E-state index contributed by atoms with van der Waals surface area (Å²) in [5.41, 5.74) is 1.08. The van der Waals surface area contributed by atoms with Crippen LogP contribution >= 0.6 is 11.6 Å². The lowest BCUT2D eigenvalue weighted by Gasteiger charge is -2.31. The van der Waals surface area contributed by atoms with Crippen molar-refractivity contribution < 1.29 is 4.79 Å². The fraction of sp³-hybridized carbons (Fsp3) is 0.636. The lowest BCUT2D eigenvalue weighted by molar-refractivity contribution is -0.129. The van der Waals surface area contributed by atoms with Crippen LogP contribution < -0.4 is 0 Å². The zero-order chi connectivity index (χ0) is 11.5. The van der Waals surface area contributed by atoms with Gasteiger partial charge in [0.25, 0.3) is 0 Å². The third-order valence-electron chi connectivity index (χ3n) is 3.04. The van der Waals surface area contributed by atoms with E-state index in [-0.39, 0.29) is 11.8 Å². The maximum absolute atomic E-state index is 11.5. The number of nitrogens with zero attached hydrogens (tertiary/aromatic N) is 3. The molecule has 2 heterocycles. The summed E-state index contributed by atoms with van der Waals surface area (Å²) in [6, 6.07) is 2.03. The van der Waals surface area contributed by atoms with E-state index in [9.17, 15) is 4.79 Å². The lowest BCUT2D eigenvalue weighted by atomic mass is 9.95. The number of likely N-dealkylation sites (tertiary alicyclic amines) is 1. The van der Waals surface area contributed by atoms with Gasteiger partial charge < -0.3 is 4.90 Å². The third kappa shape index (κ3) is 2.38. The zero-order valence-corrected chi connectivity index (χ0v) is 10.2. The Morgan fingerprint density at radius 2 is 2.50 bits per heavy atom. The molecule has 1 saturated heterocycles. The smallest absolute Gasteiger partial charge is 0.237 e. The number of halogens is 1. The molecule has 2 rings (SSSR count). The Balaban J connectivity index is 2.04. The second-order valence-corrected chi connectivity index (χ2v) is 4.49. The fourth-order valence-corrected chi connectivity index (χ4v) is 2.35. The molecule has 1 aliphatic rings. The molecule has 1 amide bonds. The Labute approximate surface area is 100 Å². The first-order valence-corrected chi connectivity index (χ1v) is 6.07. The van der Waals surface area contributed by atoms with Gasteiger partial charge in [0.05, 0.1) is 5.69 Å². The SMILES string of the molecule is Cn1ccc([C@@H]2CCCN(C(=O)CCl)C2)n1. The van der Waals surface area contributed by atoms with Crippen LogP contribution in [0, 0.1) is 0 Å². The molecule has 0 unspecified atom stereocenters. The van der Waals surface area contributed by atoms with Gasteiger partial charge in [-0.1, -0.05) is 0 Å². The molecule has 0 spiro atoms. The van der Waals surface area contributed by atoms with Crippen molar-refractivity contribution in [3.63, 3.8) is 0 Å². The number of piperidine rings is 1. The van der Waals surface area contributed by atoms with Gasteiger partial charge in [-0.3, -0.25) is 9.48 Å². The van der Waals surface area contributed by atoms with Crippen LogP contribution in [0.4, 0.5) is 0 Å². The minimum atomic E-state index is 0.0299. The van der Waals surface area contributed by atoms with E-state index in [4.69, 9.17) is 11.6 Å². The largest absolute Gasteiger partial charge is 0.341 e. The summed E-state index contributed by atoms with van der Waals surface area (Å²) in [6.45, 7) is 1.58. The lowest BCUT2D eigenvalue weighted by Crippen LogP contribution is -2.39. The summed E-state index contributed by atoms with van der Waals surface area (Å²) in [6.07, 6.45) is 4.07. The predicted octanol–water partition coefficient (Wildman–Crippen LogP) is 1.36. The quantitative estimate of drug-likeness (QED) is 0.734. The maximum Gasteiger partial charge on any atom is 0.237 e. The summed E-state index contributed by atoms with van der Waals surface area (Å²) in [5.74, 6) is 0.471. The van der Waals surface area contributed by atoms with E-state index in [1.54, 1.807) is 4.68 Å². The molecule has 0 radical (unpaired) electrons. The molecule has 0 N–H and O–H groups in total. The van der Waals surface area contributed by atoms with E-state index in [1.165, 1.54) is 0 Å². The number of aromatic nitrogens is 2. The molecule has 5 heteroatoms. The number of amides is 1. The molecular formula is C11H16ClN3O. The van der Waals surface area contributed by atoms with Gasteiger partial charge >= 0.3 is 0 Å². The van der Waals surface area contributed by atoms with Gasteiger partial charge in [0.2, 0.25) is 5.91 Å². The summed E-state index contributed by atoms with van der Waals surface area (Å²) < 4.78 is 1.80. The Kier molecular flexibility index (Phi) is 3.49. The van der Waals surface area contributed by atoms with E-state index < -0.39 is 0 Å². The Morgan fingerprint density at radius 3 is 3.12 bits per heavy atom. The number of aryl methyl sites for hydroxylation is 1. The van der Waals surface area contributed by atoms with Gasteiger partial charge in [-0.05, 0) is 18.9 Å². The maximum atomic E-state index is 11.5. The van der Waals surface area contributed by atoms with Crippen LogP contribution in [0.2, 0.25) is 0 Å². The first kappa shape index (κ1) is 11.5. The molecule has 16 heavy (non-hydrogen) atoms. The molecule has 0 aromatic carbocycles. The molecule has 0 aliphatic carbocycles. The van der Waals surface area contributed by atoms with Crippen LogP contribution in [0.1, 0.15) is 24.5 Å². The number of carbonyl (C=O) groups is 1. The Hall–Kier alpha value is -1.03. The molecule has 88 valence electrons. The first-order chi connectivity index (χ1) is 7.70. The number of hydrogen-bond donors (Lipinski definition) is 0. The normalized spacial score (nSPS) is 21.1. The van der Waals surface area contributed by atoms with E-state index in [1.807, 2.05) is 24.2 Å². The van der Waals surface area contributed by atoms with Crippen molar-refractivity contribution in [3.8, 4) is 0 Å². The van der Waals surface area contributed by atoms with Crippen LogP contribution in [-0.2, 0) is 11.8 Å². The van der Waals surface area contributed by atoms with Crippen molar-refractivity contribution >= 4 is 17.5 Å². The fourth-order valence-electron chi connectivity index (χ4n) is 2.18. The van der Waals surface area contributed by atoms with E-state index in [0.29, 0.717) is 5.92 Å². The van der Waals surface area contributed by atoms with Crippen molar-refractivity contribution in [1.29, 1.82) is 0 Å². The monoisotopic (exact) mass is 241 g/mol. The second kappa shape index (κ2) is 4.87. The standard InChI is InChI=1S/C11H16ClN3O/c1-14-6-4-10(13-14)9-3-2-5-15(8-9)11(16)7-12/h4,6,9H,2-3,5,7-8H2,1H3/t9-/m1/s1. The van der Waals surface area contributed by atoms with Gasteiger partial charge in [0, 0.05) is 32.3 Å². The van der Waals surface area contributed by atoms with Gasteiger partial charge in [-0.25, -0.2) is 0 Å². The summed E-state index contributed by atoms with van der Waals surface area (Å²) in [5, 5.41) is 4.40. The molecule has 0 bridgehead atoms. The Bertz CT molecular complexity index is 377. The van der Waals surface area contributed by atoms with Crippen molar-refractivity contribution in [3.05, 3.63) is 18.0 Å². The molecule has 1 aliphatic heterocycles. The van der Waals surface area contributed by atoms with E-state index in [2.05, 4.69) is 5.10 Å². The van der Waals surface area contributed by atoms with Crippen LogP contribution in [0.15, 0.2) is 12.3 Å². The molecule has 0 saturated carbocycles. The topological polar surface area (TPSA) is 38.1 Å².